The Morgan fingerprint density at radius 2 is 0.494 bits per heavy atom. The summed E-state index contributed by atoms with van der Waals surface area (Å²) in [6, 6.07) is 127. The summed E-state index contributed by atoms with van der Waals surface area (Å²) in [5.74, 6) is 0. The zero-order chi connectivity index (χ0) is 58.6. The molecule has 18 aromatic rings. The summed E-state index contributed by atoms with van der Waals surface area (Å²) in [5.41, 5.74) is 18.4. The number of aromatic nitrogens is 4. The van der Waals surface area contributed by atoms with Crippen LogP contribution in [0.5, 0.6) is 0 Å². The van der Waals surface area contributed by atoms with Gasteiger partial charge in [-0.15, -0.1) is 0 Å². The number of benzene rings is 14. The van der Waals surface area contributed by atoms with Crippen molar-refractivity contribution in [3.8, 4) is 45.0 Å². The van der Waals surface area contributed by atoms with Crippen LogP contribution in [0.1, 0.15) is 0 Å². The molecule has 0 spiro atoms. The summed E-state index contributed by atoms with van der Waals surface area (Å²) in [7, 11) is -2.85. The van der Waals surface area contributed by atoms with E-state index >= 15 is 0 Å². The molecule has 0 atom stereocenters. The molecule has 0 amide bonds. The van der Waals surface area contributed by atoms with E-state index in [4.69, 9.17) is 0 Å². The van der Waals surface area contributed by atoms with Crippen molar-refractivity contribution in [3.63, 3.8) is 0 Å². The van der Waals surface area contributed by atoms with Gasteiger partial charge < -0.3 is 18.3 Å². The molecule has 4 aromatic heterocycles. The number of rotatable bonds is 10. The third kappa shape index (κ3) is 7.79. The lowest BCUT2D eigenvalue weighted by Gasteiger charge is -2.34. The molecule has 416 valence electrons. The first-order valence-corrected chi connectivity index (χ1v) is 32.7. The molecule has 0 radical (unpaired) electrons. The molecule has 0 N–H and O–H groups in total. The van der Waals surface area contributed by atoms with E-state index in [0.29, 0.717) is 0 Å². The Morgan fingerprint density at radius 1 is 0.169 bits per heavy atom. The second kappa shape index (κ2) is 20.3. The van der Waals surface area contributed by atoms with Gasteiger partial charge in [-0.25, -0.2) is 0 Å². The fourth-order valence-corrected chi connectivity index (χ4v) is 19.9. The molecule has 89 heavy (non-hydrogen) atoms. The van der Waals surface area contributed by atoms with Gasteiger partial charge in [-0.1, -0.05) is 255 Å². The molecular weight excluding hydrogens is 1090 g/mol. The van der Waals surface area contributed by atoms with Crippen molar-refractivity contribution in [2.45, 2.75) is 0 Å². The molecule has 4 nitrogen and oxygen atoms in total. The van der Waals surface area contributed by atoms with Gasteiger partial charge in [0, 0.05) is 65.8 Å². The first-order valence-electron chi connectivity index (χ1n) is 30.7. The predicted molar refractivity (Wildman–Crippen MR) is 378 cm³/mol. The van der Waals surface area contributed by atoms with E-state index in [2.05, 4.69) is 358 Å². The van der Waals surface area contributed by atoms with E-state index in [1.165, 1.54) is 97.0 Å². The Bertz CT molecular complexity index is 5600. The molecule has 18 rings (SSSR count). The van der Waals surface area contributed by atoms with Gasteiger partial charge in [0.25, 0.3) is 0 Å². The second-order valence-electron chi connectivity index (χ2n) is 23.6. The maximum atomic E-state index is 2.52. The molecule has 0 aliphatic heterocycles. The fourth-order valence-electron chi connectivity index (χ4n) is 15.1. The van der Waals surface area contributed by atoms with Gasteiger partial charge in [-0.2, -0.15) is 0 Å². The van der Waals surface area contributed by atoms with Gasteiger partial charge in [0.2, 0.25) is 0 Å². The van der Waals surface area contributed by atoms with Crippen LogP contribution in [-0.2, 0) is 0 Å². The number of nitrogens with zero attached hydrogens (tertiary/aromatic N) is 4. The van der Waals surface area contributed by atoms with Crippen molar-refractivity contribution in [3.05, 3.63) is 340 Å². The fraction of sp³-hybridized carbons (Fsp3) is 0. The molecule has 0 saturated carbocycles. The third-order valence-electron chi connectivity index (χ3n) is 18.9. The summed E-state index contributed by atoms with van der Waals surface area (Å²) >= 11 is 0. The summed E-state index contributed by atoms with van der Waals surface area (Å²) < 4.78 is 9.89. The van der Waals surface area contributed by atoms with Crippen LogP contribution >= 0.6 is 0 Å². The molecule has 0 bridgehead atoms. The number of para-hydroxylation sites is 6. The highest BCUT2D eigenvalue weighted by Crippen LogP contribution is 2.43. The minimum Gasteiger partial charge on any atom is -0.309 e. The van der Waals surface area contributed by atoms with E-state index in [-0.39, 0.29) is 0 Å². The lowest BCUT2D eigenvalue weighted by molar-refractivity contribution is 1.13. The summed E-state index contributed by atoms with van der Waals surface area (Å²) in [5, 5.41) is 15.2. The van der Waals surface area contributed by atoms with Crippen molar-refractivity contribution in [1.82, 2.24) is 18.3 Å². The van der Waals surface area contributed by atoms with Crippen molar-refractivity contribution in [2.24, 2.45) is 0 Å². The van der Waals surface area contributed by atoms with E-state index < -0.39 is 8.07 Å². The zero-order valence-electron chi connectivity index (χ0n) is 48.6. The average molecular weight is 1150 g/mol. The van der Waals surface area contributed by atoms with E-state index in [1.54, 1.807) is 0 Å². The first kappa shape index (κ1) is 50.8. The predicted octanol–water partition coefficient (Wildman–Crippen LogP) is 18.8. The van der Waals surface area contributed by atoms with Crippen molar-refractivity contribution < 1.29 is 0 Å². The van der Waals surface area contributed by atoms with Crippen LogP contribution in [0.15, 0.2) is 340 Å². The molecule has 14 aromatic carbocycles. The zero-order valence-corrected chi connectivity index (χ0v) is 49.6. The minimum atomic E-state index is -2.85. The normalized spacial score (nSPS) is 12.0. The Labute approximate surface area is 515 Å². The van der Waals surface area contributed by atoms with Crippen LogP contribution in [0.4, 0.5) is 0 Å². The molecule has 0 aliphatic rings. The van der Waals surface area contributed by atoms with E-state index in [1.807, 2.05) is 0 Å². The molecular formula is C84H56N4Si. The summed E-state index contributed by atoms with van der Waals surface area (Å²) in [6.45, 7) is 0. The molecule has 0 saturated heterocycles. The van der Waals surface area contributed by atoms with E-state index in [0.717, 1.165) is 55.9 Å². The highest BCUT2D eigenvalue weighted by molar-refractivity contribution is 7.20. The Morgan fingerprint density at radius 3 is 0.955 bits per heavy atom. The molecule has 0 aliphatic carbocycles. The van der Waals surface area contributed by atoms with Gasteiger partial charge in [-0.05, 0) is 128 Å². The van der Waals surface area contributed by atoms with Crippen molar-refractivity contribution >= 4 is 116 Å². The van der Waals surface area contributed by atoms with Gasteiger partial charge in [0.1, 0.15) is 0 Å². The van der Waals surface area contributed by atoms with E-state index in [9.17, 15) is 0 Å². The van der Waals surface area contributed by atoms with Crippen molar-refractivity contribution in [1.29, 1.82) is 0 Å². The first-order chi connectivity index (χ1) is 44.2. The molecule has 0 unspecified atom stereocenters. The van der Waals surface area contributed by atoms with Crippen LogP contribution in [0.3, 0.4) is 0 Å². The SMILES string of the molecule is c1ccc([Si](c2ccccc2)(c2ccccc2)c2cccc(-c3ccccc3-c3cc(-n4c5ccccc5c5ccccc54)cc(-n4c5ccccc5c5ccc(-n6c7ccccc7c7cc(-n8c9ccccc9c9ccccc98)ccc76)cc54)c3)c2)cc1. The second-order valence-corrected chi connectivity index (χ2v) is 27.4. The summed E-state index contributed by atoms with van der Waals surface area (Å²) in [6.07, 6.45) is 0. The molecule has 4 heterocycles. The van der Waals surface area contributed by atoms with Gasteiger partial charge in [0.15, 0.2) is 8.07 Å². The van der Waals surface area contributed by atoms with Crippen LogP contribution in [-0.4, -0.2) is 26.3 Å². The summed E-state index contributed by atoms with van der Waals surface area (Å²) in [4.78, 5) is 0. The minimum absolute atomic E-state index is 1.08. The molecule has 5 heteroatoms. The number of hydrogen-bond acceptors (Lipinski definition) is 0. The topological polar surface area (TPSA) is 19.7 Å². The lowest BCUT2D eigenvalue weighted by Crippen LogP contribution is -2.74. The monoisotopic (exact) mass is 1150 g/mol. The van der Waals surface area contributed by atoms with Gasteiger partial charge in [0.05, 0.1) is 44.1 Å². The Kier molecular flexibility index (Phi) is 11.6. The van der Waals surface area contributed by atoms with Crippen LogP contribution in [0.2, 0.25) is 0 Å². The Hall–Kier alpha value is -11.5. The van der Waals surface area contributed by atoms with Gasteiger partial charge >= 0.3 is 0 Å². The van der Waals surface area contributed by atoms with Crippen LogP contribution < -0.4 is 20.7 Å². The highest BCUT2D eigenvalue weighted by atomic mass is 28.3. The Balaban J connectivity index is 0.866. The standard InChI is InChI=1S/C84H56N4Si/c1-4-26-63(27-5-1)89(64-28-6-2-7-29-64,65-30-8-3-9-31-65)66-32-24-25-57(53-66)67-33-10-11-34-68(67)58-51-61(87-79-43-20-14-37-71(79)72-38-15-21-44-80(72)87)54-62(52-58)88-81-45-22-16-39-73(81)75-49-47-60(56-84(75)88)86-82-46-23-17-40-74(82)76-55-59(48-50-83(76)86)85-77-41-18-12-35-69(77)70-36-13-19-42-78(70)85/h1-56H. The number of fused-ring (bicyclic) bond motifs is 12. The largest absolute Gasteiger partial charge is 0.309 e. The maximum absolute atomic E-state index is 2.85. The van der Waals surface area contributed by atoms with Gasteiger partial charge in [-0.3, -0.25) is 0 Å². The third-order valence-corrected chi connectivity index (χ3v) is 23.6. The maximum Gasteiger partial charge on any atom is 0.179 e. The van der Waals surface area contributed by atoms with Crippen LogP contribution in [0, 0.1) is 0 Å². The van der Waals surface area contributed by atoms with Crippen molar-refractivity contribution in [2.75, 3.05) is 0 Å². The highest BCUT2D eigenvalue weighted by Gasteiger charge is 2.41. The van der Waals surface area contributed by atoms with Crippen LogP contribution in [0.25, 0.3) is 132 Å². The average Bonchev–Trinajstić information content (AvgIpc) is 1.83. The quantitative estimate of drug-likeness (QED) is 0.0961. The number of hydrogen-bond donors (Lipinski definition) is 0. The lowest BCUT2D eigenvalue weighted by atomic mass is 9.94. The molecule has 0 fully saturated rings. The smallest absolute Gasteiger partial charge is 0.179 e.